The fourth-order valence-electron chi connectivity index (χ4n) is 1.93. The molecule has 0 saturated heterocycles. The van der Waals surface area contributed by atoms with Crippen LogP contribution in [0.2, 0.25) is 0 Å². The molecular formula is C17H16FN. The fourth-order valence-corrected chi connectivity index (χ4v) is 1.93. The lowest BCUT2D eigenvalue weighted by Gasteiger charge is -2.13. The van der Waals surface area contributed by atoms with Crippen LogP contribution in [-0.2, 0) is 13.0 Å². The first kappa shape index (κ1) is 13.3. The Morgan fingerprint density at radius 2 is 1.79 bits per heavy atom. The van der Waals surface area contributed by atoms with Crippen molar-refractivity contribution in [2.45, 2.75) is 19.0 Å². The Balaban J connectivity index is 1.92. The second-order valence-corrected chi connectivity index (χ2v) is 4.42. The third kappa shape index (κ3) is 4.24. The summed E-state index contributed by atoms with van der Waals surface area (Å²) in [7, 11) is 0. The molecule has 0 bridgehead atoms. The van der Waals surface area contributed by atoms with E-state index in [0.717, 1.165) is 5.56 Å². The van der Waals surface area contributed by atoms with Gasteiger partial charge >= 0.3 is 0 Å². The van der Waals surface area contributed by atoms with E-state index in [1.54, 1.807) is 6.07 Å². The molecule has 1 N–H and O–H groups in total. The molecule has 0 aliphatic carbocycles. The predicted octanol–water partition coefficient (Wildman–Crippen LogP) is 3.16. The quantitative estimate of drug-likeness (QED) is 0.807. The van der Waals surface area contributed by atoms with Gasteiger partial charge in [-0.05, 0) is 29.7 Å². The summed E-state index contributed by atoms with van der Waals surface area (Å²) >= 11 is 0. The van der Waals surface area contributed by atoms with Gasteiger partial charge in [0.1, 0.15) is 5.82 Å². The maximum atomic E-state index is 13.1. The van der Waals surface area contributed by atoms with Gasteiger partial charge in [-0.2, -0.15) is 0 Å². The van der Waals surface area contributed by atoms with Gasteiger partial charge in [-0.25, -0.2) is 4.39 Å². The normalized spacial score (nSPS) is 11.8. The van der Waals surface area contributed by atoms with Crippen molar-refractivity contribution >= 4 is 0 Å². The van der Waals surface area contributed by atoms with Gasteiger partial charge in [-0.3, -0.25) is 5.32 Å². The summed E-state index contributed by atoms with van der Waals surface area (Å²) < 4.78 is 13.1. The number of rotatable bonds is 5. The lowest BCUT2D eigenvalue weighted by Crippen LogP contribution is -2.29. The summed E-state index contributed by atoms with van der Waals surface area (Å²) in [6, 6.07) is 16.5. The highest BCUT2D eigenvalue weighted by Crippen LogP contribution is 2.07. The van der Waals surface area contributed by atoms with Crippen molar-refractivity contribution in [1.29, 1.82) is 0 Å². The molecule has 0 spiro atoms. The average molecular weight is 253 g/mol. The van der Waals surface area contributed by atoms with Crippen LogP contribution in [0.15, 0.2) is 54.6 Å². The number of hydrogen-bond donors (Lipinski definition) is 1. The van der Waals surface area contributed by atoms with Crippen LogP contribution in [0.25, 0.3) is 0 Å². The van der Waals surface area contributed by atoms with E-state index < -0.39 is 0 Å². The third-order valence-corrected chi connectivity index (χ3v) is 2.93. The highest BCUT2D eigenvalue weighted by molar-refractivity contribution is 5.21. The molecule has 0 aliphatic heterocycles. The molecule has 0 radical (unpaired) electrons. The molecule has 0 fully saturated rings. The van der Waals surface area contributed by atoms with E-state index in [4.69, 9.17) is 6.42 Å². The van der Waals surface area contributed by atoms with Gasteiger partial charge in [-0.15, -0.1) is 6.42 Å². The summed E-state index contributed by atoms with van der Waals surface area (Å²) in [5, 5.41) is 3.30. The van der Waals surface area contributed by atoms with Crippen LogP contribution in [0.3, 0.4) is 0 Å². The lowest BCUT2D eigenvalue weighted by molar-refractivity contribution is 0.596. The van der Waals surface area contributed by atoms with Crippen molar-refractivity contribution in [1.82, 2.24) is 5.32 Å². The molecule has 1 atom stereocenters. The van der Waals surface area contributed by atoms with Crippen molar-refractivity contribution in [3.63, 3.8) is 0 Å². The lowest BCUT2D eigenvalue weighted by atomic mass is 10.1. The van der Waals surface area contributed by atoms with Gasteiger partial charge in [0, 0.05) is 6.54 Å². The minimum Gasteiger partial charge on any atom is -0.299 e. The third-order valence-electron chi connectivity index (χ3n) is 2.93. The molecule has 2 aromatic rings. The van der Waals surface area contributed by atoms with Crippen molar-refractivity contribution in [3.05, 3.63) is 71.5 Å². The fraction of sp³-hybridized carbons (Fsp3) is 0.176. The number of terminal acetylenes is 1. The van der Waals surface area contributed by atoms with E-state index >= 15 is 0 Å². The Hall–Kier alpha value is -2.11. The van der Waals surface area contributed by atoms with Gasteiger partial charge < -0.3 is 0 Å². The Labute approximate surface area is 113 Å². The topological polar surface area (TPSA) is 12.0 Å². The summed E-state index contributed by atoms with van der Waals surface area (Å²) in [6.45, 7) is 0.713. The first-order chi connectivity index (χ1) is 9.28. The van der Waals surface area contributed by atoms with Gasteiger partial charge in [0.15, 0.2) is 0 Å². The molecule has 0 amide bonds. The highest BCUT2D eigenvalue weighted by atomic mass is 19.1. The Bertz CT molecular complexity index is 557. The smallest absolute Gasteiger partial charge is 0.123 e. The molecule has 2 aromatic carbocycles. The van der Waals surface area contributed by atoms with E-state index in [2.05, 4.69) is 11.2 Å². The summed E-state index contributed by atoms with van der Waals surface area (Å²) in [5.41, 5.74) is 2.09. The monoisotopic (exact) mass is 253 g/mol. The van der Waals surface area contributed by atoms with Crippen LogP contribution >= 0.6 is 0 Å². The molecule has 0 saturated carbocycles. The Morgan fingerprint density at radius 1 is 1.05 bits per heavy atom. The molecule has 2 rings (SSSR count). The molecule has 0 heterocycles. The van der Waals surface area contributed by atoms with Crippen LogP contribution in [-0.4, -0.2) is 6.04 Å². The van der Waals surface area contributed by atoms with Crippen LogP contribution in [0.1, 0.15) is 11.1 Å². The van der Waals surface area contributed by atoms with E-state index in [1.165, 1.54) is 17.7 Å². The average Bonchev–Trinajstić information content (AvgIpc) is 2.44. The van der Waals surface area contributed by atoms with Crippen LogP contribution < -0.4 is 5.32 Å². The first-order valence-electron chi connectivity index (χ1n) is 6.26. The zero-order chi connectivity index (χ0) is 13.5. The second kappa shape index (κ2) is 6.72. The number of nitrogens with one attached hydrogen (secondary N) is 1. The van der Waals surface area contributed by atoms with E-state index in [0.29, 0.717) is 13.0 Å². The van der Waals surface area contributed by atoms with E-state index in [1.807, 2.05) is 36.4 Å². The Morgan fingerprint density at radius 3 is 2.47 bits per heavy atom. The minimum absolute atomic E-state index is 0.0954. The maximum Gasteiger partial charge on any atom is 0.123 e. The van der Waals surface area contributed by atoms with Gasteiger partial charge in [0.2, 0.25) is 0 Å². The van der Waals surface area contributed by atoms with Crippen LogP contribution in [0.4, 0.5) is 4.39 Å². The SMILES string of the molecule is C#CC(Cc1cccc(F)c1)NCc1ccccc1. The van der Waals surface area contributed by atoms with Crippen LogP contribution in [0, 0.1) is 18.2 Å². The minimum atomic E-state index is -0.226. The van der Waals surface area contributed by atoms with Gasteiger partial charge in [-0.1, -0.05) is 48.4 Å². The molecule has 1 unspecified atom stereocenters. The number of hydrogen-bond acceptors (Lipinski definition) is 1. The molecule has 19 heavy (non-hydrogen) atoms. The number of halogens is 1. The van der Waals surface area contributed by atoms with Gasteiger partial charge in [0.05, 0.1) is 6.04 Å². The summed E-state index contributed by atoms with van der Waals surface area (Å²) in [6.07, 6.45) is 6.14. The van der Waals surface area contributed by atoms with Crippen molar-refractivity contribution in [2.24, 2.45) is 0 Å². The standard InChI is InChI=1S/C17H16FN/c1-2-17(12-15-9-6-10-16(18)11-15)19-13-14-7-4-3-5-8-14/h1,3-11,17,19H,12-13H2. The van der Waals surface area contributed by atoms with Crippen molar-refractivity contribution in [3.8, 4) is 12.3 Å². The summed E-state index contributed by atoms with van der Waals surface area (Å²) in [4.78, 5) is 0. The second-order valence-electron chi connectivity index (χ2n) is 4.42. The molecule has 96 valence electrons. The van der Waals surface area contributed by atoms with Gasteiger partial charge in [0.25, 0.3) is 0 Å². The molecule has 0 aliphatic rings. The van der Waals surface area contributed by atoms with E-state index in [9.17, 15) is 4.39 Å². The first-order valence-corrected chi connectivity index (χ1v) is 6.26. The van der Waals surface area contributed by atoms with E-state index in [-0.39, 0.29) is 11.9 Å². The highest BCUT2D eigenvalue weighted by Gasteiger charge is 2.06. The predicted molar refractivity (Wildman–Crippen MR) is 76.0 cm³/mol. The van der Waals surface area contributed by atoms with Crippen molar-refractivity contribution < 1.29 is 4.39 Å². The Kier molecular flexibility index (Phi) is 4.72. The zero-order valence-corrected chi connectivity index (χ0v) is 10.6. The van der Waals surface area contributed by atoms with Crippen LogP contribution in [0.5, 0.6) is 0 Å². The number of benzene rings is 2. The molecular weight excluding hydrogens is 237 g/mol. The molecule has 1 nitrogen and oxygen atoms in total. The van der Waals surface area contributed by atoms with Crippen molar-refractivity contribution in [2.75, 3.05) is 0 Å². The maximum absolute atomic E-state index is 13.1. The largest absolute Gasteiger partial charge is 0.299 e. The molecule has 2 heteroatoms. The zero-order valence-electron chi connectivity index (χ0n) is 10.6. The molecule has 0 aromatic heterocycles. The summed E-state index contributed by atoms with van der Waals surface area (Å²) in [5.74, 6) is 2.48.